The molecular weight excluding hydrogens is 729 g/mol. The maximum Gasteiger partial charge on any atom is 0.336 e. The van der Waals surface area contributed by atoms with Crippen molar-refractivity contribution in [3.8, 4) is 5.75 Å². The van der Waals surface area contributed by atoms with Crippen LogP contribution in [0.15, 0.2) is 100 Å². The molecule has 0 fully saturated rings. The van der Waals surface area contributed by atoms with E-state index in [4.69, 9.17) is 18.9 Å². The van der Waals surface area contributed by atoms with Gasteiger partial charge >= 0.3 is 17.9 Å². The number of allylic oxidation sites excluding steroid dienone is 2. The molecule has 14 nitrogen and oxygen atoms in total. The van der Waals surface area contributed by atoms with E-state index < -0.39 is 34.9 Å². The SMILES string of the molecule is CCOC(=O)C1=C(C)NC(C)=C(C(=O)OC)C1c1cccc([N+](=O)[O-])c1.COc1ccc([C@@H]2Sc3ccccc3N(CCN(C)C)C(=O)[C@@H]2OC(C)=O)cc1. The molecule has 0 saturated carbocycles. The Morgan fingerprint density at radius 1 is 0.927 bits per heavy atom. The summed E-state index contributed by atoms with van der Waals surface area (Å²) in [4.78, 5) is 65.7. The number of thioether (sulfide) groups is 1. The first-order chi connectivity index (χ1) is 26.2. The fourth-order valence-electron chi connectivity index (χ4n) is 6.24. The Kier molecular flexibility index (Phi) is 14.6. The molecule has 15 heteroatoms. The predicted molar refractivity (Wildman–Crippen MR) is 208 cm³/mol. The van der Waals surface area contributed by atoms with Gasteiger partial charge in [0.05, 0.1) is 53.8 Å². The number of amides is 1. The number of likely N-dealkylation sites (N-methyl/N-ethyl adjacent to an activating group) is 1. The number of hydrogen-bond donors (Lipinski definition) is 1. The van der Waals surface area contributed by atoms with Crippen molar-refractivity contribution >= 4 is 47.0 Å². The summed E-state index contributed by atoms with van der Waals surface area (Å²) in [6, 6.07) is 21.2. The third kappa shape index (κ3) is 10.1. The zero-order valence-electron chi connectivity index (χ0n) is 32.1. The van der Waals surface area contributed by atoms with Gasteiger partial charge in [-0.25, -0.2) is 9.59 Å². The van der Waals surface area contributed by atoms with E-state index in [-0.39, 0.29) is 34.6 Å². The zero-order valence-corrected chi connectivity index (χ0v) is 32.9. The van der Waals surface area contributed by atoms with Gasteiger partial charge in [0, 0.05) is 48.4 Å². The highest BCUT2D eigenvalue weighted by Gasteiger charge is 2.41. The fraction of sp³-hybridized carbons (Fsp3) is 0.350. The average molecular weight is 775 g/mol. The predicted octanol–water partition coefficient (Wildman–Crippen LogP) is 5.93. The van der Waals surface area contributed by atoms with Crippen molar-refractivity contribution in [1.29, 1.82) is 0 Å². The summed E-state index contributed by atoms with van der Waals surface area (Å²) < 4.78 is 20.8. The van der Waals surface area contributed by atoms with Crippen LogP contribution in [0.4, 0.5) is 11.4 Å². The van der Waals surface area contributed by atoms with Crippen molar-refractivity contribution in [3.05, 3.63) is 117 Å². The van der Waals surface area contributed by atoms with Crippen LogP contribution in [0.5, 0.6) is 5.75 Å². The summed E-state index contributed by atoms with van der Waals surface area (Å²) in [5, 5.41) is 13.8. The van der Waals surface area contributed by atoms with E-state index in [1.165, 1.54) is 32.2 Å². The molecular formula is C40H46N4O10S. The fourth-order valence-corrected chi connectivity index (χ4v) is 7.56. The number of nitrogens with one attached hydrogen (secondary N) is 1. The van der Waals surface area contributed by atoms with Gasteiger partial charge in [0.2, 0.25) is 0 Å². The Morgan fingerprint density at radius 3 is 2.16 bits per heavy atom. The van der Waals surface area contributed by atoms with Crippen LogP contribution in [0.25, 0.3) is 0 Å². The van der Waals surface area contributed by atoms with Gasteiger partial charge in [-0.3, -0.25) is 19.7 Å². The van der Waals surface area contributed by atoms with E-state index in [0.29, 0.717) is 30.0 Å². The maximum atomic E-state index is 13.6. The number of nitrogens with zero attached hydrogens (tertiary/aromatic N) is 3. The van der Waals surface area contributed by atoms with Crippen LogP contribution in [-0.4, -0.2) is 87.8 Å². The highest BCUT2D eigenvalue weighted by atomic mass is 32.2. The molecule has 5 rings (SSSR count). The molecule has 0 bridgehead atoms. The van der Waals surface area contributed by atoms with Gasteiger partial charge in [0.15, 0.2) is 6.10 Å². The zero-order chi connectivity index (χ0) is 40.4. The van der Waals surface area contributed by atoms with Gasteiger partial charge in [-0.05, 0) is 70.3 Å². The second-order valence-corrected chi connectivity index (χ2v) is 14.0. The van der Waals surface area contributed by atoms with Gasteiger partial charge in [-0.2, -0.15) is 0 Å². The monoisotopic (exact) mass is 774 g/mol. The molecule has 2 aliphatic heterocycles. The number of ether oxygens (including phenoxy) is 4. The van der Waals surface area contributed by atoms with E-state index in [2.05, 4.69) is 5.32 Å². The largest absolute Gasteiger partial charge is 0.497 e. The first-order valence-corrected chi connectivity index (χ1v) is 18.3. The Bertz CT molecular complexity index is 1980. The molecule has 0 spiro atoms. The molecule has 0 radical (unpaired) electrons. The molecule has 1 amide bonds. The van der Waals surface area contributed by atoms with E-state index in [1.807, 2.05) is 67.5 Å². The third-order valence-corrected chi connectivity index (χ3v) is 10.2. The number of dihydropyridines is 1. The van der Waals surface area contributed by atoms with Crippen molar-refractivity contribution in [2.24, 2.45) is 0 Å². The van der Waals surface area contributed by atoms with Crippen molar-refractivity contribution < 1.29 is 43.0 Å². The van der Waals surface area contributed by atoms with Gasteiger partial charge in [0.25, 0.3) is 11.6 Å². The number of rotatable bonds is 11. The van der Waals surface area contributed by atoms with Crippen molar-refractivity contribution in [2.75, 3.05) is 52.9 Å². The molecule has 1 N–H and O–H groups in total. The summed E-state index contributed by atoms with van der Waals surface area (Å²) in [5.74, 6) is -2.00. The number of non-ortho nitro benzene ring substituents is 1. The molecule has 0 aromatic heterocycles. The van der Waals surface area contributed by atoms with Gasteiger partial charge < -0.3 is 34.1 Å². The number of benzene rings is 3. The highest BCUT2D eigenvalue weighted by Crippen LogP contribution is 2.47. The molecule has 2 heterocycles. The molecule has 0 saturated heterocycles. The Balaban J connectivity index is 0.000000246. The maximum absolute atomic E-state index is 13.6. The smallest absolute Gasteiger partial charge is 0.336 e. The van der Waals surface area contributed by atoms with E-state index in [9.17, 15) is 29.3 Å². The van der Waals surface area contributed by atoms with Crippen LogP contribution in [-0.2, 0) is 33.4 Å². The minimum Gasteiger partial charge on any atom is -0.497 e. The number of esters is 3. The normalized spacial score (nSPS) is 17.9. The number of fused-ring (bicyclic) bond motifs is 1. The lowest BCUT2D eigenvalue weighted by atomic mass is 9.80. The first kappa shape index (κ1) is 42.1. The number of nitro groups is 1. The second-order valence-electron chi connectivity index (χ2n) is 12.8. The molecule has 3 aromatic rings. The number of para-hydroxylation sites is 1. The summed E-state index contributed by atoms with van der Waals surface area (Å²) in [6.07, 6.45) is -0.916. The van der Waals surface area contributed by atoms with Crippen molar-refractivity contribution in [3.63, 3.8) is 0 Å². The number of methoxy groups -OCH3 is 2. The molecule has 0 aliphatic carbocycles. The first-order valence-electron chi connectivity index (χ1n) is 17.4. The molecule has 2 aliphatic rings. The van der Waals surface area contributed by atoms with Crippen LogP contribution in [0, 0.1) is 10.1 Å². The summed E-state index contributed by atoms with van der Waals surface area (Å²) in [7, 11) is 6.78. The second kappa shape index (κ2) is 19.1. The van der Waals surface area contributed by atoms with E-state index >= 15 is 0 Å². The number of hydrogen-bond acceptors (Lipinski definition) is 13. The minimum atomic E-state index is -0.916. The summed E-state index contributed by atoms with van der Waals surface area (Å²) in [5.41, 5.74) is 3.51. The average Bonchev–Trinajstić information content (AvgIpc) is 3.27. The minimum absolute atomic E-state index is 0.135. The van der Waals surface area contributed by atoms with Gasteiger partial charge in [-0.1, -0.05) is 36.4 Å². The lowest BCUT2D eigenvalue weighted by molar-refractivity contribution is -0.384. The van der Waals surface area contributed by atoms with Crippen LogP contribution >= 0.6 is 11.8 Å². The van der Waals surface area contributed by atoms with Crippen molar-refractivity contribution in [2.45, 2.75) is 49.9 Å². The van der Waals surface area contributed by atoms with Gasteiger partial charge in [-0.15, -0.1) is 11.8 Å². The molecule has 3 atom stereocenters. The van der Waals surface area contributed by atoms with Crippen LogP contribution in [0.2, 0.25) is 0 Å². The number of carbonyl (C=O) groups excluding carboxylic acids is 4. The van der Waals surface area contributed by atoms with E-state index in [1.54, 1.807) is 50.6 Å². The number of nitro benzene ring substituents is 1. The molecule has 3 aromatic carbocycles. The summed E-state index contributed by atoms with van der Waals surface area (Å²) >= 11 is 1.54. The van der Waals surface area contributed by atoms with Crippen molar-refractivity contribution in [1.82, 2.24) is 10.2 Å². The molecule has 55 heavy (non-hydrogen) atoms. The van der Waals surface area contributed by atoms with Gasteiger partial charge in [0.1, 0.15) is 5.75 Å². The highest BCUT2D eigenvalue weighted by molar-refractivity contribution is 7.99. The third-order valence-electron chi connectivity index (χ3n) is 8.78. The Morgan fingerprint density at radius 2 is 1.58 bits per heavy atom. The van der Waals surface area contributed by atoms with Crippen LogP contribution < -0.4 is 15.0 Å². The lowest BCUT2D eigenvalue weighted by Crippen LogP contribution is -2.45. The van der Waals surface area contributed by atoms with E-state index in [0.717, 1.165) is 21.9 Å². The molecule has 292 valence electrons. The van der Waals surface area contributed by atoms with Crippen LogP contribution in [0.3, 0.4) is 0 Å². The molecule has 1 unspecified atom stereocenters. The number of carbonyl (C=O) groups is 4. The quantitative estimate of drug-likeness (QED) is 0.105. The summed E-state index contributed by atoms with van der Waals surface area (Å²) in [6.45, 7) is 7.75. The number of anilines is 1. The topological polar surface area (TPSA) is 167 Å². The lowest BCUT2D eigenvalue weighted by Gasteiger charge is -2.30. The Hall–Kier alpha value is -5.67. The Labute approximate surface area is 324 Å². The standard InChI is InChI=1S/C22H26N2O4S.C18H20N2O6/c1-15(25)28-20-21(16-9-11-17(27-4)12-10-16)29-19-8-6-5-7-18(19)24(22(20)26)14-13-23(2)3;1-5-26-18(22)15-11(3)19-10(2)14(17(21)25-4)16(15)12-7-6-8-13(9-12)20(23)24/h5-12,20-21H,13-14H2,1-4H3;6-9,16,19H,5H2,1-4H3/t20-,21+;/m1./s1. The van der Waals surface area contributed by atoms with Crippen LogP contribution in [0.1, 0.15) is 50.0 Å².